The molecule has 1 aliphatic rings. The Kier molecular flexibility index (Phi) is 1.68. The number of hydrogen-bond donors (Lipinski definition) is 0. The Labute approximate surface area is 162 Å². The van der Waals surface area contributed by atoms with E-state index >= 15 is 0 Å². The molecule has 3 heteroatoms. The minimum atomic E-state index is -3.10. The Bertz CT molecular complexity index is 1370. The SMILES string of the molecule is [2H]C([2H])([2H])c1ccc(C([2H])([2H])C([2H])([2H])n2c3c(c4cc(C)ccc42)C([2H])([2H])N(C)C([2H])([2H])C3([2H])[2H])cn1. The Morgan fingerprint density at radius 3 is 3.04 bits per heavy atom. The fourth-order valence-electron chi connectivity index (χ4n) is 2.67. The first kappa shape index (κ1) is 6.64. The number of hydrogen-bond acceptors (Lipinski definition) is 2. The highest BCUT2D eigenvalue weighted by molar-refractivity contribution is 5.86. The normalized spacial score (nSPS) is 31.0. The summed E-state index contributed by atoms with van der Waals surface area (Å²) in [6.45, 7) is -9.46. The van der Waals surface area contributed by atoms with Gasteiger partial charge in [0, 0.05) is 69.4 Å². The van der Waals surface area contributed by atoms with Crippen molar-refractivity contribution in [3.8, 4) is 0 Å². The second-order valence-electron chi connectivity index (χ2n) is 5.66. The molecule has 3 nitrogen and oxygen atoms in total. The molecule has 2 aromatic heterocycles. The largest absolute Gasteiger partial charge is 0.344 e. The highest BCUT2D eigenvalue weighted by atomic mass is 15.1. The first-order valence-electron chi connectivity index (χ1n) is 14.0. The zero-order chi connectivity index (χ0) is 28.1. The number of pyridine rings is 1. The quantitative estimate of drug-likeness (QED) is 0.726. The summed E-state index contributed by atoms with van der Waals surface area (Å²) in [5.41, 5.74) is -0.935. The highest BCUT2D eigenvalue weighted by Gasteiger charge is 2.22. The van der Waals surface area contributed by atoms with Crippen molar-refractivity contribution in [1.82, 2.24) is 14.5 Å². The topological polar surface area (TPSA) is 21.1 Å². The van der Waals surface area contributed by atoms with Gasteiger partial charge in [0.05, 0.1) is 2.74 Å². The van der Waals surface area contributed by atoms with E-state index in [4.69, 9.17) is 17.8 Å². The van der Waals surface area contributed by atoms with E-state index < -0.39 is 44.8 Å². The second kappa shape index (κ2) is 6.06. The third-order valence-corrected chi connectivity index (χ3v) is 3.82. The van der Waals surface area contributed by atoms with Crippen LogP contribution < -0.4 is 0 Å². The fourth-order valence-corrected chi connectivity index (χ4v) is 2.67. The average molecular weight is 333 g/mol. The molecule has 3 aromatic rings. The zero-order valence-corrected chi connectivity index (χ0v) is 13.3. The van der Waals surface area contributed by atoms with Crippen molar-refractivity contribution in [2.75, 3.05) is 13.5 Å². The molecule has 4 rings (SSSR count). The number of aromatic nitrogens is 2. The van der Waals surface area contributed by atoms with Crippen molar-refractivity contribution >= 4 is 10.9 Å². The smallest absolute Gasteiger partial charge is 0.0501 e. The molecule has 1 aliphatic heterocycles. The summed E-state index contributed by atoms with van der Waals surface area (Å²) >= 11 is 0. The van der Waals surface area contributed by atoms with Crippen LogP contribution in [0.3, 0.4) is 0 Å². The first-order chi connectivity index (χ1) is 16.6. The van der Waals surface area contributed by atoms with E-state index in [2.05, 4.69) is 4.98 Å². The van der Waals surface area contributed by atoms with E-state index in [9.17, 15) is 0 Å². The minimum Gasteiger partial charge on any atom is -0.344 e. The Balaban J connectivity index is 2.08. The van der Waals surface area contributed by atoms with Gasteiger partial charge in [-0.1, -0.05) is 17.7 Å². The van der Waals surface area contributed by atoms with E-state index in [0.717, 1.165) is 25.4 Å². The maximum atomic E-state index is 8.95. The Morgan fingerprint density at radius 1 is 1.33 bits per heavy atom. The van der Waals surface area contributed by atoms with Crippen molar-refractivity contribution in [2.45, 2.75) is 39.5 Å². The summed E-state index contributed by atoms with van der Waals surface area (Å²) in [5.74, 6) is 0. The van der Waals surface area contributed by atoms with Crippen LogP contribution in [0.2, 0.25) is 0 Å². The van der Waals surface area contributed by atoms with Gasteiger partial charge >= 0.3 is 0 Å². The molecule has 0 unspecified atom stereocenters. The number of rotatable bonds is 3. The molecule has 0 atom stereocenters. The molecule has 0 spiro atoms. The third kappa shape index (κ3) is 2.73. The van der Waals surface area contributed by atoms with Gasteiger partial charge in [-0.3, -0.25) is 4.98 Å². The van der Waals surface area contributed by atoms with Gasteiger partial charge in [-0.05, 0) is 56.5 Å². The highest BCUT2D eigenvalue weighted by Crippen LogP contribution is 2.31. The summed E-state index contributed by atoms with van der Waals surface area (Å²) in [6.07, 6.45) is -5.00. The van der Waals surface area contributed by atoms with E-state index in [1.807, 2.05) is 0 Å². The molecule has 0 N–H and O–H groups in total. The molecule has 0 radical (unpaired) electrons. The summed E-state index contributed by atoms with van der Waals surface area (Å²) in [7, 11) is 1.10. The van der Waals surface area contributed by atoms with Gasteiger partial charge in [-0.2, -0.15) is 0 Å². The van der Waals surface area contributed by atoms with Crippen molar-refractivity contribution in [2.24, 2.45) is 0 Å². The third-order valence-electron chi connectivity index (χ3n) is 3.82. The molecule has 0 saturated heterocycles. The summed E-state index contributed by atoms with van der Waals surface area (Å²) in [6, 6.07) is 6.70. The van der Waals surface area contributed by atoms with Crippen LogP contribution in [-0.2, 0) is 25.7 Å². The maximum absolute atomic E-state index is 8.95. The fraction of sp³-hybridized carbons (Fsp3) is 0.381. The van der Waals surface area contributed by atoms with E-state index in [1.54, 1.807) is 13.0 Å². The molecular formula is C21H25N3. The molecule has 1 aromatic carbocycles. The molecule has 0 aliphatic carbocycles. The Hall–Kier alpha value is -2.13. The number of aryl methyl sites for hydroxylation is 4. The second-order valence-corrected chi connectivity index (χ2v) is 5.66. The van der Waals surface area contributed by atoms with Gasteiger partial charge in [0.1, 0.15) is 0 Å². The molecule has 0 saturated carbocycles. The molecular weight excluding hydrogens is 294 g/mol. The lowest BCUT2D eigenvalue weighted by molar-refractivity contribution is 0.309. The van der Waals surface area contributed by atoms with Crippen LogP contribution in [0.15, 0.2) is 36.5 Å². The summed E-state index contributed by atoms with van der Waals surface area (Å²) in [4.78, 5) is 4.40. The predicted octanol–water partition coefficient (Wildman–Crippen LogP) is 3.88. The standard InChI is InChI=1S/C21H25N3/c1-15-4-7-20-18(12-15)19-14-23(3)10-9-21(19)24(20)11-8-17-6-5-16(2)22-13-17/h4-7,12-13H,8-11,14H2,1-3H3/i2D3,8D2,9D2,10D2,11D2,14D2. The number of benzene rings is 1. The van der Waals surface area contributed by atoms with E-state index in [1.165, 1.54) is 12.1 Å². The molecule has 24 heavy (non-hydrogen) atoms. The van der Waals surface area contributed by atoms with Gasteiger partial charge in [0.15, 0.2) is 0 Å². The zero-order valence-electron chi connectivity index (χ0n) is 26.3. The number of nitrogens with zero attached hydrogens (tertiary/aromatic N) is 3. The van der Waals surface area contributed by atoms with Crippen LogP contribution in [0.25, 0.3) is 10.9 Å². The molecule has 0 amide bonds. The predicted molar refractivity (Wildman–Crippen MR) is 99.4 cm³/mol. The molecule has 0 bridgehead atoms. The lowest BCUT2D eigenvalue weighted by Gasteiger charge is -2.24. The molecule has 0 fully saturated rings. The summed E-state index contributed by atoms with van der Waals surface area (Å²) in [5, 5.41) is 0.127. The maximum Gasteiger partial charge on any atom is 0.0501 e. The van der Waals surface area contributed by atoms with Crippen LogP contribution in [0, 0.1) is 13.8 Å². The van der Waals surface area contributed by atoms with Gasteiger partial charge in [0.2, 0.25) is 0 Å². The minimum absolute atomic E-state index is 0.0182. The Morgan fingerprint density at radius 2 is 2.25 bits per heavy atom. The average Bonchev–Trinajstić information content (AvgIpc) is 3.13. The van der Waals surface area contributed by atoms with Crippen LogP contribution in [0.4, 0.5) is 0 Å². The van der Waals surface area contributed by atoms with Crippen molar-refractivity contribution < 1.29 is 17.8 Å². The molecule has 3 heterocycles. The number of likely N-dealkylation sites (N-methyl/N-ethyl adjacent to an activating group) is 1. The van der Waals surface area contributed by atoms with Gasteiger partial charge < -0.3 is 9.47 Å². The van der Waals surface area contributed by atoms with Crippen molar-refractivity contribution in [3.63, 3.8) is 0 Å². The van der Waals surface area contributed by atoms with Gasteiger partial charge in [-0.15, -0.1) is 0 Å². The van der Waals surface area contributed by atoms with Gasteiger partial charge in [0.25, 0.3) is 0 Å². The van der Waals surface area contributed by atoms with Crippen LogP contribution in [-0.4, -0.2) is 28.0 Å². The van der Waals surface area contributed by atoms with Crippen LogP contribution in [0.1, 0.15) is 45.9 Å². The van der Waals surface area contributed by atoms with E-state index in [-0.39, 0.29) is 27.7 Å². The summed E-state index contributed by atoms with van der Waals surface area (Å²) < 4.78 is 110. The first-order valence-corrected chi connectivity index (χ1v) is 7.48. The lowest BCUT2D eigenvalue weighted by atomic mass is 10.0. The monoisotopic (exact) mass is 332 g/mol. The number of fused-ring (bicyclic) bond motifs is 3. The van der Waals surface area contributed by atoms with Crippen molar-refractivity contribution in [3.05, 3.63) is 64.6 Å². The van der Waals surface area contributed by atoms with E-state index in [0.29, 0.717) is 15.0 Å². The molecule has 124 valence electrons. The van der Waals surface area contributed by atoms with Crippen LogP contribution >= 0.6 is 0 Å². The van der Waals surface area contributed by atoms with Crippen LogP contribution in [0.5, 0.6) is 0 Å². The van der Waals surface area contributed by atoms with Crippen molar-refractivity contribution in [1.29, 1.82) is 0 Å². The lowest BCUT2D eigenvalue weighted by Crippen LogP contribution is -2.27. The van der Waals surface area contributed by atoms with Gasteiger partial charge in [-0.25, -0.2) is 0 Å².